The fraction of sp³-hybridized carbons (Fsp3) is 0.286. The molecule has 7 rings (SSSR count). The smallest absolute Gasteiger partial charge is 0.264 e. The van der Waals surface area contributed by atoms with Crippen molar-refractivity contribution in [1.29, 1.82) is 0 Å². The molecule has 0 spiro atoms. The normalized spacial score (nSPS) is 15.8. The number of morpholine rings is 1. The first-order valence-electron chi connectivity index (χ1n) is 17.6. The van der Waals surface area contributed by atoms with E-state index in [-0.39, 0.29) is 36.0 Å². The van der Waals surface area contributed by atoms with Crippen LogP contribution in [0.4, 0.5) is 11.4 Å². The van der Waals surface area contributed by atoms with E-state index in [9.17, 15) is 14.7 Å². The molecule has 1 fully saturated rings. The van der Waals surface area contributed by atoms with E-state index in [2.05, 4.69) is 29.2 Å². The average Bonchev–Trinajstić information content (AvgIpc) is 3.46. The summed E-state index contributed by atoms with van der Waals surface area (Å²) < 4.78 is 7.51. The average molecular weight is 740 g/mol. The van der Waals surface area contributed by atoms with Crippen molar-refractivity contribution in [3.8, 4) is 17.0 Å². The maximum atomic E-state index is 14.8. The van der Waals surface area contributed by atoms with Crippen molar-refractivity contribution in [2.24, 2.45) is 7.05 Å². The van der Waals surface area contributed by atoms with Crippen molar-refractivity contribution < 1.29 is 19.4 Å². The number of para-hydroxylation sites is 1. The van der Waals surface area contributed by atoms with Crippen molar-refractivity contribution in [3.05, 3.63) is 136 Å². The zero-order valence-electron chi connectivity index (χ0n) is 29.5. The number of ether oxygens (including phenoxy) is 1. The molecule has 3 heterocycles. The van der Waals surface area contributed by atoms with Crippen LogP contribution in [-0.2, 0) is 18.2 Å². The predicted octanol–water partition coefficient (Wildman–Crippen LogP) is 8.61. The molecule has 1 aromatic heterocycles. The maximum absolute atomic E-state index is 14.8. The second kappa shape index (κ2) is 16.4. The number of rotatable bonds is 9. The molecule has 1 saturated heterocycles. The van der Waals surface area contributed by atoms with Gasteiger partial charge in [0.05, 0.1) is 24.8 Å². The highest BCUT2D eigenvalue weighted by Crippen LogP contribution is 2.38. The van der Waals surface area contributed by atoms with E-state index in [1.54, 1.807) is 35.2 Å². The number of fused-ring (bicyclic) bond motifs is 1. The minimum Gasteiger partial charge on any atom is -0.508 e. The summed E-state index contributed by atoms with van der Waals surface area (Å²) in [5.41, 5.74) is 7.03. The summed E-state index contributed by atoms with van der Waals surface area (Å²) in [5.74, 6) is -0.157. The molecule has 270 valence electrons. The minimum atomic E-state index is -0.228. The SMILES string of the molecule is Cc1c(C(=O)N(c2ccccc2)c2ccc(O)cc2)cc(-c2cc(Cl)ccc2C(=O)N2CCc3ccccc3C2CCCN2CCOCC2)n1C.Cl. The van der Waals surface area contributed by atoms with Crippen LogP contribution in [0, 0.1) is 6.92 Å². The topological polar surface area (TPSA) is 78.2 Å². The van der Waals surface area contributed by atoms with Gasteiger partial charge in [-0.1, -0.05) is 54.1 Å². The van der Waals surface area contributed by atoms with Gasteiger partial charge in [-0.2, -0.15) is 0 Å². The van der Waals surface area contributed by atoms with Crippen molar-refractivity contribution in [1.82, 2.24) is 14.4 Å². The number of nitrogens with zero attached hydrogens (tertiary/aromatic N) is 4. The second-order valence-electron chi connectivity index (χ2n) is 13.3. The Morgan fingerprint density at radius 1 is 0.865 bits per heavy atom. The van der Waals surface area contributed by atoms with E-state index in [4.69, 9.17) is 16.3 Å². The molecule has 1 N–H and O–H groups in total. The Kier molecular flexibility index (Phi) is 11.7. The Bertz CT molecular complexity index is 2030. The van der Waals surface area contributed by atoms with Gasteiger partial charge in [-0.25, -0.2) is 0 Å². The third kappa shape index (κ3) is 7.62. The molecule has 52 heavy (non-hydrogen) atoms. The number of hydrogen-bond donors (Lipinski definition) is 1. The molecule has 2 aliphatic heterocycles. The molecule has 5 aromatic rings. The lowest BCUT2D eigenvalue weighted by Gasteiger charge is -2.38. The van der Waals surface area contributed by atoms with E-state index < -0.39 is 0 Å². The Morgan fingerprint density at radius 2 is 1.56 bits per heavy atom. The van der Waals surface area contributed by atoms with Crippen molar-refractivity contribution in [2.75, 3.05) is 44.3 Å². The molecule has 2 aliphatic rings. The highest BCUT2D eigenvalue weighted by molar-refractivity contribution is 6.31. The number of phenolic OH excluding ortho intramolecular Hbond substituents is 1. The van der Waals surface area contributed by atoms with Gasteiger partial charge in [-0.3, -0.25) is 19.4 Å². The molecule has 0 aliphatic carbocycles. The Balaban J connectivity index is 0.00000464. The monoisotopic (exact) mass is 738 g/mol. The van der Waals surface area contributed by atoms with Crippen molar-refractivity contribution in [2.45, 2.75) is 32.2 Å². The lowest BCUT2D eigenvalue weighted by molar-refractivity contribution is 0.0355. The first-order valence-corrected chi connectivity index (χ1v) is 18.0. The number of benzene rings is 4. The minimum absolute atomic E-state index is 0. The van der Waals surface area contributed by atoms with Gasteiger partial charge in [0.2, 0.25) is 0 Å². The number of anilines is 2. The summed E-state index contributed by atoms with van der Waals surface area (Å²) in [6.07, 6.45) is 2.62. The first-order chi connectivity index (χ1) is 24.8. The molecule has 1 atom stereocenters. The summed E-state index contributed by atoms with van der Waals surface area (Å²) in [7, 11) is 1.91. The third-order valence-electron chi connectivity index (χ3n) is 10.3. The standard InChI is InChI=1S/C42H43ClN4O4.ClH/c1-29-37(42(50)47(32-10-4-3-5-11-32)33-15-17-34(48)18-16-33)28-40(44(29)2)38-27-31(43)14-19-36(38)41(49)46-22-20-30-9-6-7-12-35(30)39(46)13-8-21-45-23-25-51-26-24-45;/h3-7,9-12,14-19,27-28,39,48H,8,13,20-26H2,1-2H3;1H. The van der Waals surface area contributed by atoms with E-state index in [0.29, 0.717) is 39.6 Å². The molecule has 8 nitrogen and oxygen atoms in total. The number of aromatic hydroxyl groups is 1. The summed E-state index contributed by atoms with van der Waals surface area (Å²) in [6.45, 7) is 6.92. The quantitative estimate of drug-likeness (QED) is 0.164. The molecular formula is C42H44Cl2N4O4. The van der Waals surface area contributed by atoms with Gasteiger partial charge in [0, 0.05) is 65.6 Å². The van der Waals surface area contributed by atoms with Crippen LogP contribution in [0.1, 0.15) is 56.4 Å². The molecule has 0 bridgehead atoms. The lowest BCUT2D eigenvalue weighted by atomic mass is 9.89. The first kappa shape index (κ1) is 37.2. The Morgan fingerprint density at radius 3 is 2.31 bits per heavy atom. The van der Waals surface area contributed by atoms with E-state index >= 15 is 0 Å². The van der Waals surface area contributed by atoms with E-state index in [1.807, 2.05) is 72.0 Å². The number of hydrogen-bond acceptors (Lipinski definition) is 5. The molecular weight excluding hydrogens is 695 g/mol. The van der Waals surface area contributed by atoms with Gasteiger partial charge in [-0.15, -0.1) is 12.4 Å². The number of carbonyl (C=O) groups excluding carboxylic acids is 2. The van der Waals surface area contributed by atoms with Crippen LogP contribution >= 0.6 is 24.0 Å². The number of halogens is 2. The Labute approximate surface area is 316 Å². The van der Waals surface area contributed by atoms with E-state index in [0.717, 1.165) is 63.5 Å². The molecule has 0 saturated carbocycles. The molecule has 2 amide bonds. The van der Waals surface area contributed by atoms with E-state index in [1.165, 1.54) is 11.1 Å². The van der Waals surface area contributed by atoms with Gasteiger partial charge in [-0.05, 0) is 105 Å². The van der Waals surface area contributed by atoms with Crippen molar-refractivity contribution >= 4 is 47.2 Å². The van der Waals surface area contributed by atoms with Crippen LogP contribution in [0.3, 0.4) is 0 Å². The van der Waals surface area contributed by atoms with Gasteiger partial charge >= 0.3 is 0 Å². The fourth-order valence-corrected chi connectivity index (χ4v) is 7.64. The fourth-order valence-electron chi connectivity index (χ4n) is 7.47. The van der Waals surface area contributed by atoms with Crippen LogP contribution in [0.2, 0.25) is 5.02 Å². The van der Waals surface area contributed by atoms with Crippen LogP contribution < -0.4 is 4.90 Å². The predicted molar refractivity (Wildman–Crippen MR) is 209 cm³/mol. The van der Waals surface area contributed by atoms with Crippen LogP contribution in [-0.4, -0.2) is 70.7 Å². The zero-order valence-corrected chi connectivity index (χ0v) is 31.1. The largest absolute Gasteiger partial charge is 0.508 e. The molecule has 10 heteroatoms. The van der Waals surface area contributed by atoms with Gasteiger partial charge in [0.15, 0.2) is 0 Å². The Hall–Kier alpha value is -4.60. The number of aromatic nitrogens is 1. The summed E-state index contributed by atoms with van der Waals surface area (Å²) >= 11 is 6.64. The molecule has 4 aromatic carbocycles. The number of carbonyl (C=O) groups is 2. The highest BCUT2D eigenvalue weighted by Gasteiger charge is 2.33. The van der Waals surface area contributed by atoms with Gasteiger partial charge in [0.1, 0.15) is 5.75 Å². The summed E-state index contributed by atoms with van der Waals surface area (Å²) in [5, 5.41) is 10.5. The second-order valence-corrected chi connectivity index (χ2v) is 13.8. The van der Waals surface area contributed by atoms with Crippen molar-refractivity contribution in [3.63, 3.8) is 0 Å². The zero-order chi connectivity index (χ0) is 35.5. The molecule has 1 unspecified atom stereocenters. The van der Waals surface area contributed by atoms with Gasteiger partial charge < -0.3 is 19.3 Å². The molecule has 0 radical (unpaired) electrons. The van der Waals surface area contributed by atoms with Gasteiger partial charge in [0.25, 0.3) is 11.8 Å². The highest BCUT2D eigenvalue weighted by atomic mass is 35.5. The number of amides is 2. The lowest BCUT2D eigenvalue weighted by Crippen LogP contribution is -2.41. The number of phenols is 1. The maximum Gasteiger partial charge on any atom is 0.264 e. The van der Waals surface area contributed by atoms with Crippen LogP contribution in [0.25, 0.3) is 11.3 Å². The van der Waals surface area contributed by atoms with Crippen LogP contribution in [0.15, 0.2) is 103 Å². The summed E-state index contributed by atoms with van der Waals surface area (Å²) in [4.78, 5) is 35.4. The van der Waals surface area contributed by atoms with Crippen LogP contribution in [0.5, 0.6) is 5.75 Å². The third-order valence-corrected chi connectivity index (χ3v) is 10.5. The summed E-state index contributed by atoms with van der Waals surface area (Å²) in [6, 6.07) is 31.8.